The van der Waals surface area contributed by atoms with Crippen LogP contribution in [0.4, 0.5) is 0 Å². The molecule has 3 aromatic rings. The molecule has 8 heteroatoms. The number of ether oxygens (including phenoxy) is 3. The Hall–Kier alpha value is -3.65. The van der Waals surface area contributed by atoms with Gasteiger partial charge in [-0.1, -0.05) is 48.5 Å². The first-order valence-electron chi connectivity index (χ1n) is 11.9. The Kier molecular flexibility index (Phi) is 9.86. The average Bonchev–Trinajstić information content (AvgIpc) is 2.85. The number of aromatic nitrogens is 2. The number of benzene rings is 2. The van der Waals surface area contributed by atoms with Crippen molar-refractivity contribution < 1.29 is 19.0 Å². The van der Waals surface area contributed by atoms with Crippen molar-refractivity contribution in [2.45, 2.75) is 40.8 Å². The topological polar surface area (TPSA) is 94.6 Å². The quantitative estimate of drug-likeness (QED) is 0.358. The lowest BCUT2D eigenvalue weighted by Gasteiger charge is -2.16. The van der Waals surface area contributed by atoms with Gasteiger partial charge in [0.2, 0.25) is 17.7 Å². The fourth-order valence-electron chi connectivity index (χ4n) is 3.61. The van der Waals surface area contributed by atoms with E-state index in [0.29, 0.717) is 56.8 Å². The molecule has 35 heavy (non-hydrogen) atoms. The van der Waals surface area contributed by atoms with Crippen LogP contribution in [-0.4, -0.2) is 42.2 Å². The Morgan fingerprint density at radius 1 is 0.886 bits per heavy atom. The molecule has 1 aromatic heterocycles. The van der Waals surface area contributed by atoms with Crippen LogP contribution in [0.25, 0.3) is 11.1 Å². The highest BCUT2D eigenvalue weighted by molar-refractivity contribution is 5.72. The summed E-state index contributed by atoms with van der Waals surface area (Å²) in [6.45, 7) is 10.1. The number of hydrogen-bond acceptors (Lipinski definition) is 7. The first-order chi connectivity index (χ1) is 17.0. The van der Waals surface area contributed by atoms with Crippen molar-refractivity contribution in [1.29, 1.82) is 0 Å². The summed E-state index contributed by atoms with van der Waals surface area (Å²) < 4.78 is 17.6. The first-order valence-corrected chi connectivity index (χ1v) is 11.9. The van der Waals surface area contributed by atoms with Gasteiger partial charge in [-0.2, -0.15) is 9.97 Å². The summed E-state index contributed by atoms with van der Waals surface area (Å²) in [5, 5.41) is 6.02. The molecule has 0 aliphatic rings. The molecule has 0 bridgehead atoms. The maximum Gasteiger partial charge on any atom is 0.323 e. The molecule has 0 unspecified atom stereocenters. The van der Waals surface area contributed by atoms with Crippen molar-refractivity contribution in [3.8, 4) is 28.9 Å². The van der Waals surface area contributed by atoms with E-state index in [0.717, 1.165) is 16.7 Å². The number of hydrogen-bond donors (Lipinski definition) is 2. The lowest BCUT2D eigenvalue weighted by atomic mass is 9.97. The van der Waals surface area contributed by atoms with Crippen LogP contribution in [0.15, 0.2) is 48.5 Å². The molecular weight excluding hydrogens is 444 g/mol. The largest absolute Gasteiger partial charge is 0.477 e. The molecule has 0 aliphatic heterocycles. The normalized spacial score (nSPS) is 10.6. The summed E-state index contributed by atoms with van der Waals surface area (Å²) >= 11 is 0. The minimum absolute atomic E-state index is 0.0637. The fourth-order valence-corrected chi connectivity index (χ4v) is 3.61. The molecule has 8 nitrogen and oxygen atoms in total. The van der Waals surface area contributed by atoms with Crippen molar-refractivity contribution >= 4 is 5.91 Å². The standard InChI is InChI=1S/C27H34N4O4/c1-5-33-25-24(17-28-15-16-29-20(4)32)26(34-6-2)31-27(30-25)35-18-22-13-10-14-23(19(22)3)21-11-8-7-9-12-21/h7-14,28H,5-6,15-18H2,1-4H3,(H,29,32). The van der Waals surface area contributed by atoms with Gasteiger partial charge < -0.3 is 24.8 Å². The van der Waals surface area contributed by atoms with E-state index in [-0.39, 0.29) is 11.9 Å². The van der Waals surface area contributed by atoms with Crippen LogP contribution in [0.5, 0.6) is 17.8 Å². The second-order valence-corrected chi connectivity index (χ2v) is 7.87. The zero-order valence-electron chi connectivity index (χ0n) is 20.9. The monoisotopic (exact) mass is 478 g/mol. The predicted molar refractivity (Wildman–Crippen MR) is 136 cm³/mol. The maximum absolute atomic E-state index is 11.1. The Balaban J connectivity index is 1.78. The second kappa shape index (κ2) is 13.3. The zero-order chi connectivity index (χ0) is 25.0. The van der Waals surface area contributed by atoms with Gasteiger partial charge in [0.05, 0.1) is 18.8 Å². The summed E-state index contributed by atoms with van der Waals surface area (Å²) in [6, 6.07) is 16.7. The molecule has 0 saturated carbocycles. The van der Waals surface area contributed by atoms with E-state index < -0.39 is 0 Å². The smallest absolute Gasteiger partial charge is 0.323 e. The number of nitrogens with one attached hydrogen (secondary N) is 2. The van der Waals surface area contributed by atoms with Gasteiger partial charge in [0.25, 0.3) is 0 Å². The second-order valence-electron chi connectivity index (χ2n) is 7.87. The summed E-state index contributed by atoms with van der Waals surface area (Å²) in [5.74, 6) is 0.775. The van der Waals surface area contributed by atoms with E-state index in [2.05, 4.69) is 45.7 Å². The molecule has 1 heterocycles. The Labute approximate surface area is 207 Å². The summed E-state index contributed by atoms with van der Waals surface area (Å²) in [6.07, 6.45) is 0. The van der Waals surface area contributed by atoms with E-state index in [1.54, 1.807) is 0 Å². The highest BCUT2D eigenvalue weighted by Crippen LogP contribution is 2.29. The minimum atomic E-state index is -0.0637. The van der Waals surface area contributed by atoms with E-state index in [4.69, 9.17) is 14.2 Å². The zero-order valence-corrected chi connectivity index (χ0v) is 20.9. The molecule has 0 radical (unpaired) electrons. The Bertz CT molecular complexity index is 1080. The van der Waals surface area contributed by atoms with Crippen molar-refractivity contribution in [2.75, 3.05) is 26.3 Å². The van der Waals surface area contributed by atoms with Crippen molar-refractivity contribution in [3.63, 3.8) is 0 Å². The molecule has 2 N–H and O–H groups in total. The third kappa shape index (κ3) is 7.42. The van der Waals surface area contributed by atoms with Crippen molar-refractivity contribution in [1.82, 2.24) is 20.6 Å². The lowest BCUT2D eigenvalue weighted by molar-refractivity contribution is -0.118. The summed E-state index contributed by atoms with van der Waals surface area (Å²) in [7, 11) is 0. The fraction of sp³-hybridized carbons (Fsp3) is 0.370. The van der Waals surface area contributed by atoms with Gasteiger partial charge in [-0.3, -0.25) is 4.79 Å². The highest BCUT2D eigenvalue weighted by Gasteiger charge is 2.18. The van der Waals surface area contributed by atoms with E-state index in [1.165, 1.54) is 12.5 Å². The van der Waals surface area contributed by atoms with Gasteiger partial charge in [0.1, 0.15) is 6.61 Å². The van der Waals surface area contributed by atoms with Crippen LogP contribution in [0.2, 0.25) is 0 Å². The highest BCUT2D eigenvalue weighted by atomic mass is 16.5. The van der Waals surface area contributed by atoms with E-state index in [1.807, 2.05) is 44.2 Å². The molecule has 3 rings (SSSR count). The maximum atomic E-state index is 11.1. The lowest BCUT2D eigenvalue weighted by Crippen LogP contribution is -2.30. The van der Waals surface area contributed by atoms with Crippen LogP contribution < -0.4 is 24.8 Å². The molecule has 0 fully saturated rings. The molecule has 0 atom stereocenters. The molecular formula is C27H34N4O4. The van der Waals surface area contributed by atoms with Crippen LogP contribution in [-0.2, 0) is 17.9 Å². The van der Waals surface area contributed by atoms with Gasteiger partial charge in [-0.15, -0.1) is 0 Å². The molecule has 0 spiro atoms. The van der Waals surface area contributed by atoms with Crippen LogP contribution in [0.1, 0.15) is 37.5 Å². The third-order valence-electron chi connectivity index (χ3n) is 5.34. The Morgan fingerprint density at radius 3 is 2.20 bits per heavy atom. The molecule has 0 saturated heterocycles. The van der Waals surface area contributed by atoms with E-state index in [9.17, 15) is 4.79 Å². The third-order valence-corrected chi connectivity index (χ3v) is 5.34. The van der Waals surface area contributed by atoms with Gasteiger partial charge in [-0.25, -0.2) is 0 Å². The average molecular weight is 479 g/mol. The van der Waals surface area contributed by atoms with Gasteiger partial charge in [-0.05, 0) is 43.0 Å². The number of carbonyl (C=O) groups excluding carboxylic acids is 1. The van der Waals surface area contributed by atoms with Gasteiger partial charge >= 0.3 is 6.01 Å². The van der Waals surface area contributed by atoms with Crippen LogP contribution in [0.3, 0.4) is 0 Å². The first kappa shape index (κ1) is 26.0. The Morgan fingerprint density at radius 2 is 1.57 bits per heavy atom. The minimum Gasteiger partial charge on any atom is -0.477 e. The van der Waals surface area contributed by atoms with E-state index >= 15 is 0 Å². The molecule has 186 valence electrons. The number of amides is 1. The number of carbonyl (C=O) groups is 1. The van der Waals surface area contributed by atoms with Crippen molar-refractivity contribution in [2.24, 2.45) is 0 Å². The number of nitrogens with zero attached hydrogens (tertiary/aromatic N) is 2. The molecule has 1 amide bonds. The summed E-state index contributed by atoms with van der Waals surface area (Å²) in [4.78, 5) is 20.1. The molecule has 2 aromatic carbocycles. The predicted octanol–water partition coefficient (Wildman–Crippen LogP) is 4.05. The molecule has 0 aliphatic carbocycles. The van der Waals surface area contributed by atoms with Gasteiger partial charge in [0.15, 0.2) is 0 Å². The van der Waals surface area contributed by atoms with Crippen LogP contribution >= 0.6 is 0 Å². The van der Waals surface area contributed by atoms with Gasteiger partial charge in [0, 0.05) is 26.6 Å². The van der Waals surface area contributed by atoms with Crippen LogP contribution in [0, 0.1) is 6.92 Å². The van der Waals surface area contributed by atoms with Crippen molar-refractivity contribution in [3.05, 3.63) is 65.2 Å². The SMILES string of the molecule is CCOc1nc(OCc2cccc(-c3ccccc3)c2C)nc(OCC)c1CNCCNC(C)=O. The summed E-state index contributed by atoms with van der Waals surface area (Å²) in [5.41, 5.74) is 5.24. The number of rotatable bonds is 13.